The minimum Gasteiger partial charge on any atom is -0.370 e. The van der Waals surface area contributed by atoms with Crippen molar-refractivity contribution in [3.63, 3.8) is 0 Å². The van der Waals surface area contributed by atoms with Crippen LogP contribution in [0.3, 0.4) is 0 Å². The smallest absolute Gasteiger partial charge is 0.274 e. The maximum absolute atomic E-state index is 11.8. The van der Waals surface area contributed by atoms with Crippen molar-refractivity contribution >= 4 is 91.1 Å². The molecule has 0 saturated carbocycles. The Morgan fingerprint density at radius 2 is 0.838 bits per heavy atom. The first-order valence-electron chi connectivity index (χ1n) is 20.9. The van der Waals surface area contributed by atoms with Crippen molar-refractivity contribution in [2.75, 3.05) is 28.2 Å². The highest BCUT2D eigenvalue weighted by Crippen LogP contribution is 2.21. The predicted molar refractivity (Wildman–Crippen MR) is 272 cm³/mol. The Morgan fingerprint density at radius 3 is 1.37 bits per heavy atom. The molecule has 4 amide bonds. The summed E-state index contributed by atoms with van der Waals surface area (Å²) in [6.07, 6.45) is 0. The summed E-state index contributed by atoms with van der Waals surface area (Å²) in [5, 5.41) is 14.0. The molecule has 0 spiro atoms. The average Bonchev–Trinajstić information content (AvgIpc) is 4.15. The van der Waals surface area contributed by atoms with Gasteiger partial charge < -0.3 is 42.9 Å². The quantitative estimate of drug-likeness (QED) is 0.0872. The number of carbonyl (C=O) groups excluding carboxylic acids is 4. The van der Waals surface area contributed by atoms with Gasteiger partial charge in [0.25, 0.3) is 23.6 Å². The van der Waals surface area contributed by atoms with Gasteiger partial charge in [-0.1, -0.05) is 54.1 Å². The highest BCUT2D eigenvalue weighted by atomic mass is 16.2. The number of aryl methyl sites for hydroxylation is 4. The zero-order chi connectivity index (χ0) is 49.7. The molecule has 0 bridgehead atoms. The third-order valence-corrected chi connectivity index (χ3v) is 10.2. The molecule has 20 heteroatoms. The highest BCUT2D eigenvalue weighted by Gasteiger charge is 2.14. The van der Waals surface area contributed by atoms with Crippen LogP contribution in [0.5, 0.6) is 0 Å². The Hall–Kier alpha value is -9.20. The van der Waals surface area contributed by atoms with Crippen LogP contribution < -0.4 is 44.2 Å². The summed E-state index contributed by atoms with van der Waals surface area (Å²) >= 11 is 0. The van der Waals surface area contributed by atoms with Crippen LogP contribution in [-0.2, 0) is 0 Å². The fourth-order valence-electron chi connectivity index (χ4n) is 6.55. The molecule has 20 nitrogen and oxygen atoms in total. The van der Waals surface area contributed by atoms with Gasteiger partial charge in [0.05, 0.1) is 0 Å². The van der Waals surface area contributed by atoms with Gasteiger partial charge in [-0.15, -0.1) is 0 Å². The van der Waals surface area contributed by atoms with E-state index in [1.807, 2.05) is 107 Å². The van der Waals surface area contributed by atoms with E-state index in [2.05, 4.69) is 61.2 Å². The van der Waals surface area contributed by atoms with Gasteiger partial charge in [0, 0.05) is 71.8 Å². The molecular weight excluding hydrogens is 865 g/mol. The van der Waals surface area contributed by atoms with Gasteiger partial charge in [-0.25, -0.2) is 0 Å². The molecule has 4 heterocycles. The number of hydrogen-bond donors (Lipinski definition) is 12. The Labute approximate surface area is 391 Å². The highest BCUT2D eigenvalue weighted by molar-refractivity contribution is 6.09. The SMILES string of the molecule is CN=C(N)NC(=O)c1cc2c(C)cccc2[nH]1.CN=C(N)NC(=O)c1cc2cc(C)ccc2[nH]1.CN=C(N)NC(=O)c1cc2ccc(C)cc2[nH]1.CN=C(N)NC(=O)c1cc2cccc(C)c2[nH]1. The van der Waals surface area contributed by atoms with Crippen molar-refractivity contribution in [2.24, 2.45) is 42.9 Å². The Kier molecular flexibility index (Phi) is 16.6. The van der Waals surface area contributed by atoms with Gasteiger partial charge >= 0.3 is 0 Å². The summed E-state index contributed by atoms with van der Waals surface area (Å²) in [6, 6.07) is 30.8. The zero-order valence-corrected chi connectivity index (χ0v) is 39.0. The van der Waals surface area contributed by atoms with Crippen molar-refractivity contribution < 1.29 is 19.2 Å². The van der Waals surface area contributed by atoms with Crippen LogP contribution in [0.1, 0.15) is 64.2 Å². The molecule has 16 N–H and O–H groups in total. The number of para-hydroxylation sites is 1. The van der Waals surface area contributed by atoms with Gasteiger partial charge in [-0.2, -0.15) is 0 Å². The van der Waals surface area contributed by atoms with Crippen molar-refractivity contribution in [2.45, 2.75) is 27.7 Å². The topological polar surface area (TPSA) is 333 Å². The van der Waals surface area contributed by atoms with Gasteiger partial charge in [0.1, 0.15) is 22.8 Å². The standard InChI is InChI=1S/4C12H14N4O/c1-7-3-4-9-8(5-7)6-10(15-9)11(17)16-12(13)14-2;1-7-3-4-8-6-10(15-9(8)5-7)11(17)16-12(13)14-2;1-7-4-3-5-9-8(7)6-10(15-9)11(17)16-12(13)14-2;1-7-4-3-5-8-6-9(15-10(7)8)11(17)16-12(13)14-2/h4*3-6,15H,1-2H3,(H3,13,14,16,17). The van der Waals surface area contributed by atoms with Crippen molar-refractivity contribution in [1.82, 2.24) is 41.2 Å². The van der Waals surface area contributed by atoms with Crippen LogP contribution in [0.4, 0.5) is 0 Å². The second-order valence-corrected chi connectivity index (χ2v) is 15.2. The lowest BCUT2D eigenvalue weighted by Crippen LogP contribution is -2.36. The first kappa shape index (κ1) is 49.8. The number of guanidine groups is 4. The second-order valence-electron chi connectivity index (χ2n) is 15.2. The lowest BCUT2D eigenvalue weighted by atomic mass is 10.1. The number of aromatic amines is 4. The number of aromatic nitrogens is 4. The first-order valence-corrected chi connectivity index (χ1v) is 20.9. The van der Waals surface area contributed by atoms with E-state index in [1.54, 1.807) is 18.2 Å². The third kappa shape index (κ3) is 13.0. The van der Waals surface area contributed by atoms with Crippen LogP contribution in [0, 0.1) is 27.7 Å². The lowest BCUT2D eigenvalue weighted by molar-refractivity contribution is 0.0964. The van der Waals surface area contributed by atoms with Crippen LogP contribution in [0.15, 0.2) is 117 Å². The molecule has 0 atom stereocenters. The number of rotatable bonds is 4. The minimum absolute atomic E-state index is 0.102. The number of hydrogen-bond acceptors (Lipinski definition) is 8. The molecule has 0 fully saturated rings. The summed E-state index contributed by atoms with van der Waals surface area (Å²) in [6.45, 7) is 8.00. The fourth-order valence-corrected chi connectivity index (χ4v) is 6.55. The average molecular weight is 921 g/mol. The number of amides is 4. The van der Waals surface area contributed by atoms with Gasteiger partial charge in [0.2, 0.25) is 0 Å². The van der Waals surface area contributed by atoms with Crippen LogP contribution in [-0.4, -0.2) is 95.6 Å². The zero-order valence-electron chi connectivity index (χ0n) is 39.0. The summed E-state index contributed by atoms with van der Waals surface area (Å²) in [5.74, 6) is -0.748. The maximum Gasteiger partial charge on any atom is 0.274 e. The van der Waals surface area contributed by atoms with Gasteiger partial charge in [-0.05, 0) is 92.9 Å². The van der Waals surface area contributed by atoms with E-state index in [9.17, 15) is 19.2 Å². The molecule has 0 aliphatic heterocycles. The normalized spacial score (nSPS) is 11.8. The molecule has 0 unspecified atom stereocenters. The molecule has 4 aromatic carbocycles. The molecule has 68 heavy (non-hydrogen) atoms. The Balaban J connectivity index is 0.000000169. The second kappa shape index (κ2) is 22.6. The van der Waals surface area contributed by atoms with Crippen molar-refractivity contribution in [3.05, 3.63) is 142 Å². The molecule has 0 saturated heterocycles. The molecule has 352 valence electrons. The predicted octanol–water partition coefficient (Wildman–Crippen LogP) is 4.60. The van der Waals surface area contributed by atoms with E-state index in [0.29, 0.717) is 22.8 Å². The van der Waals surface area contributed by atoms with E-state index in [4.69, 9.17) is 22.9 Å². The van der Waals surface area contributed by atoms with Gasteiger partial charge in [-0.3, -0.25) is 60.4 Å². The molecule has 4 aromatic heterocycles. The molecule has 0 aliphatic carbocycles. The number of benzene rings is 4. The van der Waals surface area contributed by atoms with E-state index in [1.165, 1.54) is 28.2 Å². The summed E-state index contributed by atoms with van der Waals surface area (Å²) in [5.41, 5.74) is 31.9. The Bertz CT molecular complexity index is 3040. The number of nitrogens with two attached hydrogens (primary N) is 4. The Morgan fingerprint density at radius 1 is 0.412 bits per heavy atom. The van der Waals surface area contributed by atoms with Crippen LogP contribution in [0.2, 0.25) is 0 Å². The van der Waals surface area contributed by atoms with Crippen LogP contribution in [0.25, 0.3) is 43.6 Å². The van der Waals surface area contributed by atoms with Gasteiger partial charge in [0.15, 0.2) is 23.8 Å². The molecular formula is C48H56N16O4. The van der Waals surface area contributed by atoms with E-state index >= 15 is 0 Å². The van der Waals surface area contributed by atoms with Crippen molar-refractivity contribution in [3.8, 4) is 0 Å². The summed E-state index contributed by atoms with van der Waals surface area (Å²) < 4.78 is 0. The molecule has 8 rings (SSSR count). The number of nitrogens with one attached hydrogen (secondary N) is 8. The number of nitrogens with zero attached hydrogens (tertiary/aromatic N) is 4. The minimum atomic E-state index is -0.290. The molecule has 0 aliphatic rings. The number of H-pyrrole nitrogens is 4. The maximum atomic E-state index is 11.8. The fraction of sp³-hybridized carbons (Fsp3) is 0.167. The number of carbonyl (C=O) groups is 4. The first-order chi connectivity index (χ1) is 32.4. The lowest BCUT2D eigenvalue weighted by Gasteiger charge is -2.00. The molecule has 0 radical (unpaired) electrons. The van der Waals surface area contributed by atoms with E-state index in [-0.39, 0.29) is 47.5 Å². The van der Waals surface area contributed by atoms with E-state index < -0.39 is 0 Å². The van der Waals surface area contributed by atoms with E-state index in [0.717, 1.165) is 65.9 Å². The molecule has 8 aromatic rings. The number of aliphatic imine (C=N–C) groups is 4. The monoisotopic (exact) mass is 920 g/mol. The third-order valence-electron chi connectivity index (χ3n) is 10.2. The largest absolute Gasteiger partial charge is 0.370 e. The number of fused-ring (bicyclic) bond motifs is 4. The summed E-state index contributed by atoms with van der Waals surface area (Å²) in [4.78, 5) is 74.0. The summed E-state index contributed by atoms with van der Waals surface area (Å²) in [7, 11) is 6.07. The van der Waals surface area contributed by atoms with Crippen molar-refractivity contribution in [1.29, 1.82) is 0 Å². The van der Waals surface area contributed by atoms with Crippen LogP contribution >= 0.6 is 0 Å².